The Kier molecular flexibility index (Phi) is 6.23. The van der Waals surface area contributed by atoms with Crippen LogP contribution in [-0.4, -0.2) is 22.8 Å². The molecule has 0 amide bonds. The molecule has 4 heteroatoms. The third-order valence-corrected chi connectivity index (χ3v) is 8.06. The minimum atomic E-state index is 0.935. The Hall–Kier alpha value is -3.40. The second kappa shape index (κ2) is 9.24. The predicted molar refractivity (Wildman–Crippen MR) is 154 cm³/mol. The van der Waals surface area contributed by atoms with E-state index in [4.69, 9.17) is 20.0 Å². The van der Waals surface area contributed by atoms with Gasteiger partial charge in [-0.05, 0) is 122 Å². The molecule has 4 nitrogen and oxygen atoms in total. The van der Waals surface area contributed by atoms with Crippen LogP contribution >= 0.6 is 0 Å². The Bertz CT molecular complexity index is 1350. The van der Waals surface area contributed by atoms with Gasteiger partial charge in [0.2, 0.25) is 0 Å². The maximum atomic E-state index is 5.11. The average molecular weight is 477 g/mol. The maximum absolute atomic E-state index is 5.11. The van der Waals surface area contributed by atoms with Gasteiger partial charge in [-0.2, -0.15) is 0 Å². The molecule has 0 radical (unpaired) electrons. The van der Waals surface area contributed by atoms with Gasteiger partial charge in [-0.25, -0.2) is 20.0 Å². The Balaban J connectivity index is 1.81. The smallest absolute Gasteiger partial charge is 0.0693 e. The predicted octanol–water partition coefficient (Wildman–Crippen LogP) is 8.26. The standard InChI is InChI=1S/C32H36N4/c1-9-21-17(5)25-13-26-19(7)23(11-3)31(35-26)16-32-24(12-4)20(8)28(36-32)14-27-18(6)22(10-2)30(34-27)15-29(21)33-25/h13-16H,9-12H2,1-8H3. The van der Waals surface area contributed by atoms with E-state index in [1.54, 1.807) is 0 Å². The first-order valence-electron chi connectivity index (χ1n) is 13.3. The number of hydrogen-bond donors (Lipinski definition) is 0. The lowest BCUT2D eigenvalue weighted by atomic mass is 9.97. The number of hydrogen-bond acceptors (Lipinski definition) is 4. The van der Waals surface area contributed by atoms with Crippen LogP contribution in [0.2, 0.25) is 0 Å². The van der Waals surface area contributed by atoms with Gasteiger partial charge >= 0.3 is 0 Å². The molecule has 0 N–H and O–H groups in total. The van der Waals surface area contributed by atoms with Crippen LogP contribution in [0.3, 0.4) is 0 Å². The van der Waals surface area contributed by atoms with Crippen LogP contribution in [0.5, 0.6) is 0 Å². The lowest BCUT2D eigenvalue weighted by Gasteiger charge is -2.04. The molecule has 5 heterocycles. The fraction of sp³-hybridized carbons (Fsp3) is 0.375. The first-order valence-corrected chi connectivity index (χ1v) is 13.3. The van der Waals surface area contributed by atoms with Crippen LogP contribution < -0.4 is 0 Å². The van der Waals surface area contributed by atoms with Crippen LogP contribution in [0, 0.1) is 0 Å². The summed E-state index contributed by atoms with van der Waals surface area (Å²) >= 11 is 0. The van der Waals surface area contributed by atoms with E-state index in [1.165, 1.54) is 44.6 Å². The van der Waals surface area contributed by atoms with Crippen molar-refractivity contribution < 1.29 is 0 Å². The fourth-order valence-electron chi connectivity index (χ4n) is 5.85. The van der Waals surface area contributed by atoms with E-state index < -0.39 is 0 Å². The average Bonchev–Trinajstić information content (AvgIpc) is 3.51. The number of fused-ring (bicyclic) bond motifs is 4. The summed E-state index contributed by atoms with van der Waals surface area (Å²) in [6.07, 6.45) is 12.5. The van der Waals surface area contributed by atoms with Crippen LogP contribution in [0.1, 0.15) is 81.1 Å². The third-order valence-electron chi connectivity index (χ3n) is 8.06. The minimum Gasteiger partial charge on any atom is -0.248 e. The van der Waals surface area contributed by atoms with E-state index in [0.29, 0.717) is 0 Å². The summed E-state index contributed by atoms with van der Waals surface area (Å²) in [6, 6.07) is 0. The van der Waals surface area contributed by atoms with Crippen molar-refractivity contribution in [2.45, 2.75) is 81.1 Å². The van der Waals surface area contributed by atoms with E-state index in [1.807, 2.05) is 0 Å². The molecule has 184 valence electrons. The zero-order valence-electron chi connectivity index (χ0n) is 22.9. The Morgan fingerprint density at radius 3 is 1.03 bits per heavy atom. The molecule has 5 aliphatic rings. The summed E-state index contributed by atoms with van der Waals surface area (Å²) in [5.41, 5.74) is 18.2. The normalized spacial score (nSPS) is 21.6. The van der Waals surface area contributed by atoms with E-state index >= 15 is 0 Å². The first-order chi connectivity index (χ1) is 17.3. The van der Waals surface area contributed by atoms with Crippen molar-refractivity contribution >= 4 is 22.8 Å². The van der Waals surface area contributed by atoms with Crippen molar-refractivity contribution in [1.82, 2.24) is 0 Å². The van der Waals surface area contributed by atoms with Gasteiger partial charge in [0.1, 0.15) is 0 Å². The highest BCUT2D eigenvalue weighted by atomic mass is 14.9. The number of allylic oxidation sites excluding steroid dienone is 12. The summed E-state index contributed by atoms with van der Waals surface area (Å²) in [4.78, 5) is 20.4. The van der Waals surface area contributed by atoms with Gasteiger partial charge in [0.05, 0.1) is 45.6 Å². The quantitative estimate of drug-likeness (QED) is 0.392. The molecular formula is C32H36N4. The van der Waals surface area contributed by atoms with E-state index in [-0.39, 0.29) is 0 Å². The molecule has 0 atom stereocenters. The summed E-state index contributed by atoms with van der Waals surface area (Å²) in [5.74, 6) is 0. The molecule has 0 saturated heterocycles. The Morgan fingerprint density at radius 2 is 0.694 bits per heavy atom. The molecule has 8 bridgehead atoms. The Labute approximate surface area is 215 Å². The van der Waals surface area contributed by atoms with Crippen LogP contribution in [0.25, 0.3) is 0 Å². The summed E-state index contributed by atoms with van der Waals surface area (Å²) < 4.78 is 0. The van der Waals surface area contributed by atoms with Crippen molar-refractivity contribution in [2.75, 3.05) is 0 Å². The second-order valence-electron chi connectivity index (χ2n) is 9.93. The van der Waals surface area contributed by atoms with E-state index in [2.05, 4.69) is 79.7 Å². The maximum Gasteiger partial charge on any atom is 0.0693 e. The van der Waals surface area contributed by atoms with E-state index in [0.717, 1.165) is 71.3 Å². The minimum absolute atomic E-state index is 0.935. The third kappa shape index (κ3) is 3.75. The monoisotopic (exact) mass is 476 g/mol. The fourth-order valence-corrected chi connectivity index (χ4v) is 5.85. The van der Waals surface area contributed by atoms with Gasteiger partial charge in [-0.1, -0.05) is 27.7 Å². The molecule has 0 aliphatic carbocycles. The molecule has 0 spiro atoms. The highest BCUT2D eigenvalue weighted by Crippen LogP contribution is 2.37. The zero-order chi connectivity index (χ0) is 25.7. The van der Waals surface area contributed by atoms with Crippen molar-refractivity contribution in [1.29, 1.82) is 0 Å². The summed E-state index contributed by atoms with van der Waals surface area (Å²) in [7, 11) is 0. The lowest BCUT2D eigenvalue weighted by Crippen LogP contribution is -1.98. The molecule has 36 heavy (non-hydrogen) atoms. The van der Waals surface area contributed by atoms with E-state index in [9.17, 15) is 0 Å². The van der Waals surface area contributed by atoms with Gasteiger partial charge < -0.3 is 0 Å². The van der Waals surface area contributed by atoms with Gasteiger partial charge in [0.25, 0.3) is 0 Å². The molecular weight excluding hydrogens is 440 g/mol. The zero-order valence-corrected chi connectivity index (χ0v) is 22.9. The van der Waals surface area contributed by atoms with Gasteiger partial charge in [-0.15, -0.1) is 0 Å². The molecule has 0 fully saturated rings. The van der Waals surface area contributed by atoms with Crippen LogP contribution in [0.15, 0.2) is 112 Å². The molecule has 0 saturated carbocycles. The molecule has 0 aromatic heterocycles. The number of aliphatic imine (C=N–C) groups is 4. The topological polar surface area (TPSA) is 49.4 Å². The Morgan fingerprint density at radius 1 is 0.389 bits per heavy atom. The molecule has 5 rings (SSSR count). The molecule has 5 aliphatic heterocycles. The van der Waals surface area contributed by atoms with Crippen molar-refractivity contribution in [2.24, 2.45) is 20.0 Å². The van der Waals surface area contributed by atoms with Gasteiger partial charge in [0.15, 0.2) is 0 Å². The SMILES string of the molecule is CCC1=C(C)C2=NC1=CC1=NC(=CC3=NC(=CC4=NC(=C2)C(C)=C4CC)C(CC)=C3C)C(C)=C1CC. The highest BCUT2D eigenvalue weighted by Gasteiger charge is 2.27. The van der Waals surface area contributed by atoms with Crippen molar-refractivity contribution in [3.8, 4) is 0 Å². The van der Waals surface area contributed by atoms with Crippen LogP contribution in [0.4, 0.5) is 0 Å². The summed E-state index contributed by atoms with van der Waals surface area (Å²) in [6.45, 7) is 17.6. The van der Waals surface area contributed by atoms with Gasteiger partial charge in [-0.3, -0.25) is 0 Å². The molecule has 0 unspecified atom stereocenters. The summed E-state index contributed by atoms with van der Waals surface area (Å²) in [5, 5.41) is 0. The van der Waals surface area contributed by atoms with Crippen molar-refractivity contribution in [3.63, 3.8) is 0 Å². The highest BCUT2D eigenvalue weighted by molar-refractivity contribution is 6.20. The van der Waals surface area contributed by atoms with Crippen LogP contribution in [-0.2, 0) is 0 Å². The molecule has 0 aromatic rings. The number of nitrogens with zero attached hydrogens (tertiary/aromatic N) is 4. The lowest BCUT2D eigenvalue weighted by molar-refractivity contribution is 1.09. The first kappa shape index (κ1) is 24.3. The largest absolute Gasteiger partial charge is 0.248 e. The second-order valence-corrected chi connectivity index (χ2v) is 9.93. The number of rotatable bonds is 4. The molecule has 0 aromatic carbocycles. The van der Waals surface area contributed by atoms with Crippen molar-refractivity contribution in [3.05, 3.63) is 91.7 Å². The van der Waals surface area contributed by atoms with Gasteiger partial charge in [0, 0.05) is 0 Å².